The minimum Gasteiger partial charge on any atom is -0.396 e. The van der Waals surface area contributed by atoms with Crippen LogP contribution in [0.25, 0.3) is 5.69 Å². The molecule has 1 amide bonds. The van der Waals surface area contributed by atoms with Gasteiger partial charge in [-0.15, -0.1) is 0 Å². The van der Waals surface area contributed by atoms with E-state index in [0.717, 1.165) is 0 Å². The zero-order valence-electron chi connectivity index (χ0n) is 9.14. The van der Waals surface area contributed by atoms with Crippen LogP contribution in [0.2, 0.25) is 0 Å². The van der Waals surface area contributed by atoms with Crippen LogP contribution in [0.1, 0.15) is 10.5 Å². The van der Waals surface area contributed by atoms with Gasteiger partial charge in [0.1, 0.15) is 5.82 Å². The van der Waals surface area contributed by atoms with Crippen LogP contribution in [0.4, 0.5) is 10.1 Å². The van der Waals surface area contributed by atoms with Crippen molar-refractivity contribution >= 4 is 11.6 Å². The molecule has 0 atom stereocenters. The maximum Gasteiger partial charge on any atom is 0.271 e. The average Bonchev–Trinajstić information content (AvgIpc) is 2.70. The number of aromatic nitrogens is 2. The fraction of sp³-hybridized carbons (Fsp3) is 0.0909. The number of nitrogens with zero attached hydrogens (tertiary/aromatic N) is 2. The summed E-state index contributed by atoms with van der Waals surface area (Å²) in [6.07, 6.45) is 1.36. The van der Waals surface area contributed by atoms with Crippen molar-refractivity contribution in [1.29, 1.82) is 0 Å². The van der Waals surface area contributed by atoms with Crippen molar-refractivity contribution in [2.75, 3.05) is 12.8 Å². The van der Waals surface area contributed by atoms with Crippen LogP contribution < -0.4 is 11.1 Å². The zero-order valence-corrected chi connectivity index (χ0v) is 9.14. The highest BCUT2D eigenvalue weighted by Gasteiger charge is 2.16. The van der Waals surface area contributed by atoms with Gasteiger partial charge in [-0.3, -0.25) is 4.79 Å². The number of nitrogens with one attached hydrogen (secondary N) is 1. The SMILES string of the molecule is CNC(=O)c1c(N)cnn1-c1cccc(F)c1. The van der Waals surface area contributed by atoms with Crippen molar-refractivity contribution in [3.8, 4) is 5.69 Å². The fourth-order valence-electron chi connectivity index (χ4n) is 1.51. The lowest BCUT2D eigenvalue weighted by Gasteiger charge is -2.06. The van der Waals surface area contributed by atoms with Crippen molar-refractivity contribution < 1.29 is 9.18 Å². The monoisotopic (exact) mass is 234 g/mol. The first-order valence-corrected chi connectivity index (χ1v) is 4.95. The van der Waals surface area contributed by atoms with Crippen LogP contribution >= 0.6 is 0 Å². The molecule has 1 aromatic heterocycles. The number of nitrogens with two attached hydrogens (primary N) is 1. The second kappa shape index (κ2) is 4.25. The molecule has 0 aliphatic carbocycles. The first-order valence-electron chi connectivity index (χ1n) is 4.95. The first kappa shape index (κ1) is 11.1. The highest BCUT2D eigenvalue weighted by Crippen LogP contribution is 2.17. The normalized spacial score (nSPS) is 10.2. The molecule has 0 radical (unpaired) electrons. The highest BCUT2D eigenvalue weighted by molar-refractivity contribution is 5.97. The number of carbonyl (C=O) groups excluding carboxylic acids is 1. The molecule has 88 valence electrons. The number of nitrogen functional groups attached to an aromatic ring is 1. The molecule has 0 spiro atoms. The minimum absolute atomic E-state index is 0.193. The Kier molecular flexibility index (Phi) is 2.78. The quantitative estimate of drug-likeness (QED) is 0.812. The van der Waals surface area contributed by atoms with E-state index in [9.17, 15) is 9.18 Å². The second-order valence-electron chi connectivity index (χ2n) is 3.42. The van der Waals surface area contributed by atoms with E-state index < -0.39 is 5.82 Å². The molecule has 0 fully saturated rings. The summed E-state index contributed by atoms with van der Waals surface area (Å²) in [7, 11) is 1.49. The van der Waals surface area contributed by atoms with Gasteiger partial charge >= 0.3 is 0 Å². The molecule has 3 N–H and O–H groups in total. The summed E-state index contributed by atoms with van der Waals surface area (Å²) in [5.74, 6) is -0.774. The number of anilines is 1. The zero-order chi connectivity index (χ0) is 12.4. The number of halogens is 1. The lowest BCUT2D eigenvalue weighted by molar-refractivity contribution is 0.0956. The minimum atomic E-state index is -0.403. The molecule has 1 heterocycles. The number of hydrogen-bond donors (Lipinski definition) is 2. The van der Waals surface area contributed by atoms with Crippen LogP contribution in [0.15, 0.2) is 30.5 Å². The van der Waals surface area contributed by atoms with Crippen LogP contribution in [0, 0.1) is 5.82 Å². The molecule has 1 aromatic carbocycles. The highest BCUT2D eigenvalue weighted by atomic mass is 19.1. The summed E-state index contributed by atoms with van der Waals surface area (Å²) in [4.78, 5) is 11.6. The summed E-state index contributed by atoms with van der Waals surface area (Å²) in [5.41, 5.74) is 6.54. The topological polar surface area (TPSA) is 72.9 Å². The molecule has 5 nitrogen and oxygen atoms in total. The van der Waals surface area contributed by atoms with Gasteiger partial charge in [0.05, 0.1) is 17.6 Å². The van der Waals surface area contributed by atoms with Crippen molar-refractivity contribution in [2.24, 2.45) is 0 Å². The molecule has 0 saturated heterocycles. The van der Waals surface area contributed by atoms with Gasteiger partial charge in [0.25, 0.3) is 5.91 Å². The average molecular weight is 234 g/mol. The third kappa shape index (κ3) is 1.96. The maximum atomic E-state index is 13.1. The smallest absolute Gasteiger partial charge is 0.271 e. The van der Waals surface area contributed by atoms with E-state index in [1.54, 1.807) is 6.07 Å². The Balaban J connectivity index is 2.57. The van der Waals surface area contributed by atoms with Crippen molar-refractivity contribution in [3.63, 3.8) is 0 Å². The lowest BCUT2D eigenvalue weighted by Crippen LogP contribution is -2.22. The molecule has 6 heteroatoms. The van der Waals surface area contributed by atoms with Crippen LogP contribution in [0.5, 0.6) is 0 Å². The number of hydrogen-bond acceptors (Lipinski definition) is 3. The summed E-state index contributed by atoms with van der Waals surface area (Å²) < 4.78 is 14.4. The number of benzene rings is 1. The van der Waals surface area contributed by atoms with E-state index in [2.05, 4.69) is 10.4 Å². The molecule has 0 bridgehead atoms. The lowest BCUT2D eigenvalue weighted by atomic mass is 10.3. The molecular formula is C11H11FN4O. The van der Waals surface area contributed by atoms with Gasteiger partial charge in [0.15, 0.2) is 5.69 Å². The Morgan fingerprint density at radius 1 is 1.53 bits per heavy atom. The molecule has 2 aromatic rings. The number of rotatable bonds is 2. The Morgan fingerprint density at radius 3 is 2.94 bits per heavy atom. The second-order valence-corrected chi connectivity index (χ2v) is 3.42. The van der Waals surface area contributed by atoms with Gasteiger partial charge in [-0.25, -0.2) is 9.07 Å². The van der Waals surface area contributed by atoms with Crippen LogP contribution in [-0.2, 0) is 0 Å². The van der Waals surface area contributed by atoms with Gasteiger partial charge in [0.2, 0.25) is 0 Å². The predicted molar refractivity (Wildman–Crippen MR) is 61.3 cm³/mol. The largest absolute Gasteiger partial charge is 0.396 e. The van der Waals surface area contributed by atoms with Gasteiger partial charge in [-0.05, 0) is 18.2 Å². The molecule has 0 aliphatic rings. The molecular weight excluding hydrogens is 223 g/mol. The van der Waals surface area contributed by atoms with Gasteiger partial charge in [0, 0.05) is 7.05 Å². The van der Waals surface area contributed by atoms with Gasteiger partial charge < -0.3 is 11.1 Å². The van der Waals surface area contributed by atoms with Crippen LogP contribution in [0.3, 0.4) is 0 Å². The fourth-order valence-corrected chi connectivity index (χ4v) is 1.51. The summed E-state index contributed by atoms with van der Waals surface area (Å²) in [6.45, 7) is 0. The Hall–Kier alpha value is -2.37. The Labute approximate surface area is 97.0 Å². The standard InChI is InChI=1S/C11H11FN4O/c1-14-11(17)10-9(13)6-15-16(10)8-4-2-3-7(12)5-8/h2-6H,13H2,1H3,(H,14,17). The molecule has 2 rings (SSSR count). The van der Waals surface area contributed by atoms with E-state index in [1.165, 1.54) is 36.1 Å². The van der Waals surface area contributed by atoms with E-state index in [1.807, 2.05) is 0 Å². The van der Waals surface area contributed by atoms with E-state index in [-0.39, 0.29) is 17.3 Å². The molecule has 0 saturated carbocycles. The summed E-state index contributed by atoms with van der Waals surface area (Å²) >= 11 is 0. The third-order valence-electron chi connectivity index (χ3n) is 2.29. The Bertz CT molecular complexity index is 564. The van der Waals surface area contributed by atoms with Crippen molar-refractivity contribution in [2.45, 2.75) is 0 Å². The van der Waals surface area contributed by atoms with E-state index in [0.29, 0.717) is 5.69 Å². The van der Waals surface area contributed by atoms with E-state index >= 15 is 0 Å². The molecule has 0 unspecified atom stereocenters. The van der Waals surface area contributed by atoms with E-state index in [4.69, 9.17) is 5.73 Å². The summed E-state index contributed by atoms with van der Waals surface area (Å²) in [6, 6.07) is 5.77. The predicted octanol–water partition coefficient (Wildman–Crippen LogP) is 0.953. The van der Waals surface area contributed by atoms with Gasteiger partial charge in [-0.2, -0.15) is 5.10 Å². The Morgan fingerprint density at radius 2 is 2.29 bits per heavy atom. The van der Waals surface area contributed by atoms with Crippen molar-refractivity contribution in [3.05, 3.63) is 42.0 Å². The number of amides is 1. The van der Waals surface area contributed by atoms with Crippen molar-refractivity contribution in [1.82, 2.24) is 15.1 Å². The maximum absolute atomic E-state index is 13.1. The summed E-state index contributed by atoms with van der Waals surface area (Å²) in [5, 5.41) is 6.42. The molecule has 17 heavy (non-hydrogen) atoms. The third-order valence-corrected chi connectivity index (χ3v) is 2.29. The van der Waals surface area contributed by atoms with Gasteiger partial charge in [-0.1, -0.05) is 6.07 Å². The number of carbonyl (C=O) groups is 1. The molecule has 0 aliphatic heterocycles. The van der Waals surface area contributed by atoms with Crippen LogP contribution in [-0.4, -0.2) is 22.7 Å². The first-order chi connectivity index (χ1) is 8.13.